The van der Waals surface area contributed by atoms with Gasteiger partial charge in [-0.25, -0.2) is 0 Å². The second-order valence-corrected chi connectivity index (χ2v) is 6.74. The number of hydrogen-bond donors (Lipinski definition) is 1. The quantitative estimate of drug-likeness (QED) is 0.706. The monoisotopic (exact) mass is 368 g/mol. The first-order valence-electron chi connectivity index (χ1n) is 8.36. The van der Waals surface area contributed by atoms with Gasteiger partial charge in [0.1, 0.15) is 15.7 Å². The SMILES string of the molecule is BC(B)(c1ccc(C(F)(F)F)cc1)n1ccc2cccc(C(=O)NC=C)c21. The number of rotatable bonds is 4. The molecule has 3 aromatic rings. The van der Waals surface area contributed by atoms with Crippen LogP contribution in [-0.2, 0) is 11.5 Å². The fraction of sp³-hybridized carbons (Fsp3) is 0.105. The lowest BCUT2D eigenvalue weighted by Gasteiger charge is -2.30. The molecule has 0 atom stereocenters. The van der Waals surface area contributed by atoms with Crippen LogP contribution in [0, 0.1) is 0 Å². The van der Waals surface area contributed by atoms with Gasteiger partial charge in [0.25, 0.3) is 5.91 Å². The molecule has 0 saturated carbocycles. The van der Waals surface area contributed by atoms with Crippen LogP contribution in [0.4, 0.5) is 13.2 Å². The fourth-order valence-electron chi connectivity index (χ4n) is 3.22. The van der Waals surface area contributed by atoms with Gasteiger partial charge in [-0.05, 0) is 36.0 Å². The Kier molecular flexibility index (Phi) is 4.68. The Bertz CT molecular complexity index is 1010. The maximum atomic E-state index is 12.9. The summed E-state index contributed by atoms with van der Waals surface area (Å²) in [6, 6.07) is 12.4. The largest absolute Gasteiger partial charge is 0.416 e. The summed E-state index contributed by atoms with van der Waals surface area (Å²) in [7, 11) is 3.80. The molecule has 0 aliphatic heterocycles. The highest BCUT2D eigenvalue weighted by atomic mass is 19.4. The predicted octanol–water partition coefficient (Wildman–Crippen LogP) is 2.46. The zero-order valence-corrected chi connectivity index (χ0v) is 15.0. The molecule has 136 valence electrons. The van der Waals surface area contributed by atoms with Crippen molar-refractivity contribution in [3.8, 4) is 0 Å². The van der Waals surface area contributed by atoms with Gasteiger partial charge in [-0.2, -0.15) is 13.2 Å². The number of carbonyl (C=O) groups is 1. The number of hydrogen-bond acceptors (Lipinski definition) is 1. The topological polar surface area (TPSA) is 34.0 Å². The van der Waals surface area contributed by atoms with E-state index < -0.39 is 17.1 Å². The van der Waals surface area contributed by atoms with Crippen molar-refractivity contribution in [2.75, 3.05) is 0 Å². The minimum atomic E-state index is -4.38. The number of para-hydroxylation sites is 1. The summed E-state index contributed by atoms with van der Waals surface area (Å²) in [5.41, 5.74) is 1.19. The van der Waals surface area contributed by atoms with Crippen LogP contribution in [-0.4, -0.2) is 26.2 Å². The van der Waals surface area contributed by atoms with Crippen LogP contribution in [0.5, 0.6) is 0 Å². The number of nitrogens with one attached hydrogen (secondary N) is 1. The smallest absolute Gasteiger partial charge is 0.353 e. The lowest BCUT2D eigenvalue weighted by atomic mass is 9.57. The first-order chi connectivity index (χ1) is 12.7. The summed E-state index contributed by atoms with van der Waals surface area (Å²) < 4.78 is 40.5. The summed E-state index contributed by atoms with van der Waals surface area (Å²) in [5, 5.41) is 2.77. The third-order valence-electron chi connectivity index (χ3n) is 4.71. The summed E-state index contributed by atoms with van der Waals surface area (Å²) in [5.74, 6) is -0.293. The molecule has 0 aliphatic carbocycles. The molecule has 1 heterocycles. The number of benzene rings is 2. The third-order valence-corrected chi connectivity index (χ3v) is 4.71. The number of amides is 1. The molecule has 0 radical (unpaired) electrons. The summed E-state index contributed by atoms with van der Waals surface area (Å²) in [4.78, 5) is 12.4. The average Bonchev–Trinajstić information content (AvgIpc) is 3.06. The standard InChI is InChI=1S/C19H17B2F3N2O/c1-2-25-17(27)15-5-3-4-12-10-11-26(16(12)15)18(20,21)13-6-8-14(9-7-13)19(22,23)24/h2-11H,1,20-21H2,(H,25,27). The van der Waals surface area contributed by atoms with Crippen LogP contribution < -0.4 is 5.32 Å². The van der Waals surface area contributed by atoms with Crippen molar-refractivity contribution in [2.45, 2.75) is 11.5 Å². The van der Waals surface area contributed by atoms with Gasteiger partial charge in [0.05, 0.1) is 16.6 Å². The first-order valence-corrected chi connectivity index (χ1v) is 8.36. The van der Waals surface area contributed by atoms with Crippen LogP contribution in [0.25, 0.3) is 10.9 Å². The Hall–Kier alpha value is -2.89. The Balaban J connectivity index is 2.13. The maximum absolute atomic E-state index is 12.9. The number of carbonyl (C=O) groups excluding carboxylic acids is 1. The molecule has 3 nitrogen and oxygen atoms in total. The van der Waals surface area contributed by atoms with Crippen molar-refractivity contribution in [2.24, 2.45) is 0 Å². The van der Waals surface area contributed by atoms with Crippen molar-refractivity contribution in [3.63, 3.8) is 0 Å². The normalized spacial score (nSPS) is 12.1. The van der Waals surface area contributed by atoms with Crippen molar-refractivity contribution in [1.29, 1.82) is 0 Å². The van der Waals surface area contributed by atoms with E-state index in [2.05, 4.69) is 11.9 Å². The van der Waals surface area contributed by atoms with Gasteiger partial charge in [-0.1, -0.05) is 30.8 Å². The van der Waals surface area contributed by atoms with Gasteiger partial charge in [0.2, 0.25) is 0 Å². The number of fused-ring (bicyclic) bond motifs is 1. The van der Waals surface area contributed by atoms with Gasteiger partial charge in [-0.15, -0.1) is 0 Å². The third kappa shape index (κ3) is 3.39. The van der Waals surface area contributed by atoms with Gasteiger partial charge < -0.3 is 9.88 Å². The molecule has 1 amide bonds. The summed E-state index contributed by atoms with van der Waals surface area (Å²) in [6.45, 7) is 3.51. The minimum Gasteiger partial charge on any atom is -0.353 e. The van der Waals surface area contributed by atoms with Gasteiger partial charge in [0, 0.05) is 16.9 Å². The van der Waals surface area contributed by atoms with E-state index in [1.807, 2.05) is 38.6 Å². The van der Waals surface area contributed by atoms with Crippen molar-refractivity contribution in [1.82, 2.24) is 9.88 Å². The molecule has 2 aromatic carbocycles. The second kappa shape index (κ2) is 6.68. The molecular weight excluding hydrogens is 351 g/mol. The van der Waals surface area contributed by atoms with E-state index in [-0.39, 0.29) is 5.91 Å². The van der Waals surface area contributed by atoms with E-state index in [9.17, 15) is 18.0 Å². The van der Waals surface area contributed by atoms with Gasteiger partial charge >= 0.3 is 6.18 Å². The molecule has 27 heavy (non-hydrogen) atoms. The molecule has 0 aliphatic rings. The highest BCUT2D eigenvalue weighted by Gasteiger charge is 2.31. The van der Waals surface area contributed by atoms with Crippen LogP contribution in [0.15, 0.2) is 67.5 Å². The number of alkyl halides is 3. The average molecular weight is 368 g/mol. The minimum absolute atomic E-state index is 0.293. The number of nitrogens with zero attached hydrogens (tertiary/aromatic N) is 1. The molecule has 0 unspecified atom stereocenters. The van der Waals surface area contributed by atoms with Crippen LogP contribution in [0.3, 0.4) is 0 Å². The molecule has 0 bridgehead atoms. The van der Waals surface area contributed by atoms with Crippen LogP contribution in [0.1, 0.15) is 21.5 Å². The van der Waals surface area contributed by atoms with E-state index in [0.29, 0.717) is 16.6 Å². The highest BCUT2D eigenvalue weighted by Crippen LogP contribution is 2.32. The molecule has 1 N–H and O–H groups in total. The van der Waals surface area contributed by atoms with Gasteiger partial charge in [0.15, 0.2) is 0 Å². The lowest BCUT2D eigenvalue weighted by molar-refractivity contribution is -0.137. The Labute approximate surface area is 156 Å². The lowest BCUT2D eigenvalue weighted by Crippen LogP contribution is -2.36. The molecule has 8 heteroatoms. The number of halogens is 3. The zero-order chi connectivity index (χ0) is 19.8. The second-order valence-electron chi connectivity index (χ2n) is 6.74. The van der Waals surface area contributed by atoms with Crippen LogP contribution in [0.2, 0.25) is 0 Å². The highest BCUT2D eigenvalue weighted by molar-refractivity contribution is 6.40. The maximum Gasteiger partial charge on any atom is 0.416 e. The van der Waals surface area contributed by atoms with Crippen molar-refractivity contribution in [3.05, 3.63) is 84.2 Å². The van der Waals surface area contributed by atoms with Crippen molar-refractivity contribution >= 4 is 32.5 Å². The Morgan fingerprint density at radius 1 is 1.04 bits per heavy atom. The molecule has 0 saturated heterocycles. The van der Waals surface area contributed by atoms with E-state index in [1.165, 1.54) is 18.3 Å². The Morgan fingerprint density at radius 3 is 2.26 bits per heavy atom. The van der Waals surface area contributed by atoms with E-state index in [0.717, 1.165) is 17.5 Å². The predicted molar refractivity (Wildman–Crippen MR) is 105 cm³/mol. The van der Waals surface area contributed by atoms with E-state index in [1.54, 1.807) is 12.1 Å². The first kappa shape index (κ1) is 18.9. The van der Waals surface area contributed by atoms with E-state index >= 15 is 0 Å². The van der Waals surface area contributed by atoms with Gasteiger partial charge in [-0.3, -0.25) is 4.79 Å². The van der Waals surface area contributed by atoms with Crippen molar-refractivity contribution < 1.29 is 18.0 Å². The molecule has 0 fully saturated rings. The molecule has 1 aromatic heterocycles. The van der Waals surface area contributed by atoms with E-state index in [4.69, 9.17) is 0 Å². The molecule has 0 spiro atoms. The van der Waals surface area contributed by atoms with Crippen LogP contribution >= 0.6 is 0 Å². The summed E-state index contributed by atoms with van der Waals surface area (Å²) >= 11 is 0. The summed E-state index contributed by atoms with van der Waals surface area (Å²) in [6.07, 6.45) is -1.22. The zero-order valence-electron chi connectivity index (χ0n) is 15.0. The molecular formula is C19H17B2F3N2O. The Morgan fingerprint density at radius 2 is 1.67 bits per heavy atom. The number of aromatic nitrogens is 1. The molecule has 3 rings (SSSR count). The fourth-order valence-corrected chi connectivity index (χ4v) is 3.22.